The zero-order valence-corrected chi connectivity index (χ0v) is 12.8. The molecule has 19 heavy (non-hydrogen) atoms. The molecule has 1 fully saturated rings. The van der Waals surface area contributed by atoms with Gasteiger partial charge in [-0.1, -0.05) is 29.3 Å². The number of nitrogens with zero attached hydrogens (tertiary/aromatic N) is 1. The second-order valence-electron chi connectivity index (χ2n) is 5.52. The van der Waals surface area contributed by atoms with Gasteiger partial charge in [-0.15, -0.1) is 0 Å². The maximum Gasteiger partial charge on any atom is 0.0787 e. The molecule has 0 bridgehead atoms. The Labute approximate surface area is 124 Å². The van der Waals surface area contributed by atoms with Gasteiger partial charge in [0.25, 0.3) is 0 Å². The summed E-state index contributed by atoms with van der Waals surface area (Å²) in [5.74, 6) is 0. The first kappa shape index (κ1) is 15.1. The monoisotopic (exact) mass is 302 g/mol. The van der Waals surface area contributed by atoms with Gasteiger partial charge >= 0.3 is 0 Å². The van der Waals surface area contributed by atoms with Crippen molar-refractivity contribution in [1.29, 1.82) is 0 Å². The van der Waals surface area contributed by atoms with Crippen LogP contribution in [-0.4, -0.2) is 41.8 Å². The third-order valence-corrected chi connectivity index (χ3v) is 4.18. The van der Waals surface area contributed by atoms with Crippen molar-refractivity contribution in [3.8, 4) is 0 Å². The van der Waals surface area contributed by atoms with Gasteiger partial charge in [0.15, 0.2) is 0 Å². The molecule has 0 aliphatic carbocycles. The maximum absolute atomic E-state index is 10.5. The highest BCUT2D eigenvalue weighted by Gasteiger charge is 2.34. The van der Waals surface area contributed by atoms with Crippen molar-refractivity contribution in [3.05, 3.63) is 33.8 Å². The van der Waals surface area contributed by atoms with Crippen molar-refractivity contribution in [2.45, 2.75) is 25.5 Å². The molecule has 1 heterocycles. The minimum Gasteiger partial charge on any atom is -0.388 e. The standard InChI is InChI=1S/C14H20Cl2N2O/c1-14(2,19)13(18-7-5-17-6-8-18)10-3-4-11(15)12(16)9-10/h3-4,9,13,17,19H,5-8H2,1-2H3. The van der Waals surface area contributed by atoms with E-state index in [1.165, 1.54) is 0 Å². The van der Waals surface area contributed by atoms with E-state index in [0.717, 1.165) is 31.7 Å². The lowest BCUT2D eigenvalue weighted by molar-refractivity contribution is -0.0256. The molecule has 1 aromatic carbocycles. The molecule has 1 aliphatic rings. The molecule has 0 saturated carbocycles. The van der Waals surface area contributed by atoms with Crippen LogP contribution in [0.4, 0.5) is 0 Å². The fourth-order valence-electron chi connectivity index (χ4n) is 2.69. The Morgan fingerprint density at radius 2 is 1.84 bits per heavy atom. The van der Waals surface area contributed by atoms with E-state index in [4.69, 9.17) is 23.2 Å². The predicted molar refractivity (Wildman–Crippen MR) is 79.9 cm³/mol. The fourth-order valence-corrected chi connectivity index (χ4v) is 2.99. The van der Waals surface area contributed by atoms with Crippen LogP contribution in [0.5, 0.6) is 0 Å². The van der Waals surface area contributed by atoms with E-state index in [9.17, 15) is 5.11 Å². The first-order chi connectivity index (χ1) is 8.89. The first-order valence-corrected chi connectivity index (χ1v) is 7.27. The molecule has 1 aromatic rings. The summed E-state index contributed by atoms with van der Waals surface area (Å²) < 4.78 is 0. The highest BCUT2D eigenvalue weighted by Crippen LogP contribution is 2.35. The molecule has 2 rings (SSSR count). The van der Waals surface area contributed by atoms with Gasteiger partial charge in [0.1, 0.15) is 0 Å². The zero-order valence-electron chi connectivity index (χ0n) is 11.3. The lowest BCUT2D eigenvalue weighted by atomic mass is 9.90. The number of aliphatic hydroxyl groups is 1. The average molecular weight is 303 g/mol. The van der Waals surface area contributed by atoms with E-state index in [2.05, 4.69) is 10.2 Å². The summed E-state index contributed by atoms with van der Waals surface area (Å²) in [5.41, 5.74) is 0.165. The summed E-state index contributed by atoms with van der Waals surface area (Å²) in [7, 11) is 0. The van der Waals surface area contributed by atoms with Crippen LogP contribution in [0.3, 0.4) is 0 Å². The van der Waals surface area contributed by atoms with Crippen molar-refractivity contribution in [1.82, 2.24) is 10.2 Å². The van der Waals surface area contributed by atoms with E-state index in [1.54, 1.807) is 6.07 Å². The van der Waals surface area contributed by atoms with Crippen LogP contribution in [0.1, 0.15) is 25.5 Å². The number of nitrogens with one attached hydrogen (secondary N) is 1. The molecule has 5 heteroatoms. The van der Waals surface area contributed by atoms with Crippen molar-refractivity contribution >= 4 is 23.2 Å². The summed E-state index contributed by atoms with van der Waals surface area (Å²) in [5, 5.41) is 14.9. The van der Waals surface area contributed by atoms with Gasteiger partial charge in [0, 0.05) is 26.2 Å². The number of hydrogen-bond donors (Lipinski definition) is 2. The normalized spacial score (nSPS) is 19.4. The van der Waals surface area contributed by atoms with Crippen molar-refractivity contribution < 1.29 is 5.11 Å². The molecule has 1 aliphatic heterocycles. The lowest BCUT2D eigenvalue weighted by Crippen LogP contribution is -2.50. The van der Waals surface area contributed by atoms with Gasteiger partial charge in [-0.3, -0.25) is 4.90 Å². The molecular formula is C14H20Cl2N2O. The molecule has 0 radical (unpaired) electrons. The molecule has 3 nitrogen and oxygen atoms in total. The summed E-state index contributed by atoms with van der Waals surface area (Å²) in [6.45, 7) is 7.37. The fraction of sp³-hybridized carbons (Fsp3) is 0.571. The highest BCUT2D eigenvalue weighted by atomic mass is 35.5. The van der Waals surface area contributed by atoms with Crippen molar-refractivity contribution in [2.75, 3.05) is 26.2 Å². The van der Waals surface area contributed by atoms with E-state index in [0.29, 0.717) is 10.0 Å². The van der Waals surface area contributed by atoms with Crippen LogP contribution in [0.25, 0.3) is 0 Å². The van der Waals surface area contributed by atoms with Crippen molar-refractivity contribution in [3.63, 3.8) is 0 Å². The summed E-state index contributed by atoms with van der Waals surface area (Å²) in [6.07, 6.45) is 0. The molecule has 1 atom stereocenters. The number of hydrogen-bond acceptors (Lipinski definition) is 3. The second kappa shape index (κ2) is 5.98. The predicted octanol–water partition coefficient (Wildman–Crippen LogP) is 2.71. The number of piperazine rings is 1. The molecule has 0 spiro atoms. The summed E-state index contributed by atoms with van der Waals surface area (Å²) >= 11 is 12.1. The van der Waals surface area contributed by atoms with Gasteiger partial charge in [0.2, 0.25) is 0 Å². The molecule has 1 unspecified atom stereocenters. The Balaban J connectivity index is 2.33. The average Bonchev–Trinajstić information content (AvgIpc) is 2.34. The van der Waals surface area contributed by atoms with Crippen LogP contribution >= 0.6 is 23.2 Å². The Kier molecular flexibility index (Phi) is 4.75. The Bertz CT molecular complexity index is 440. The molecular weight excluding hydrogens is 283 g/mol. The maximum atomic E-state index is 10.5. The minimum absolute atomic E-state index is 0.0793. The van der Waals surface area contributed by atoms with E-state index in [-0.39, 0.29) is 6.04 Å². The van der Waals surface area contributed by atoms with Crippen molar-refractivity contribution in [2.24, 2.45) is 0 Å². The summed E-state index contributed by atoms with van der Waals surface area (Å²) in [4.78, 5) is 2.29. The number of halogens is 2. The molecule has 2 N–H and O–H groups in total. The SMILES string of the molecule is CC(C)(O)C(c1ccc(Cl)c(Cl)c1)N1CCNCC1. The van der Waals surface area contributed by atoms with Gasteiger partial charge in [0.05, 0.1) is 21.7 Å². The third kappa shape index (κ3) is 3.61. The number of benzene rings is 1. The second-order valence-corrected chi connectivity index (χ2v) is 6.33. The van der Waals surface area contributed by atoms with Crippen LogP contribution in [-0.2, 0) is 0 Å². The van der Waals surface area contributed by atoms with E-state index >= 15 is 0 Å². The molecule has 0 amide bonds. The highest BCUT2D eigenvalue weighted by molar-refractivity contribution is 6.42. The molecule has 106 valence electrons. The third-order valence-electron chi connectivity index (χ3n) is 3.45. The summed E-state index contributed by atoms with van der Waals surface area (Å²) in [6, 6.07) is 5.51. The van der Waals surface area contributed by atoms with Crippen LogP contribution < -0.4 is 5.32 Å². The van der Waals surface area contributed by atoms with Crippen LogP contribution in [0.15, 0.2) is 18.2 Å². The van der Waals surface area contributed by atoms with Gasteiger partial charge in [-0.25, -0.2) is 0 Å². The van der Waals surface area contributed by atoms with Gasteiger partial charge in [-0.05, 0) is 31.5 Å². The minimum atomic E-state index is -0.839. The van der Waals surface area contributed by atoms with E-state index in [1.807, 2.05) is 26.0 Å². The Morgan fingerprint density at radius 3 is 2.37 bits per heavy atom. The van der Waals surface area contributed by atoms with Gasteiger partial charge < -0.3 is 10.4 Å². The number of rotatable bonds is 3. The first-order valence-electron chi connectivity index (χ1n) is 6.51. The van der Waals surface area contributed by atoms with Crippen LogP contribution in [0.2, 0.25) is 10.0 Å². The molecule has 1 saturated heterocycles. The Hall–Kier alpha value is -0.320. The zero-order chi connectivity index (χ0) is 14.0. The lowest BCUT2D eigenvalue weighted by Gasteiger charge is -2.41. The quantitative estimate of drug-likeness (QED) is 0.901. The van der Waals surface area contributed by atoms with Gasteiger partial charge in [-0.2, -0.15) is 0 Å². The topological polar surface area (TPSA) is 35.5 Å². The largest absolute Gasteiger partial charge is 0.388 e. The van der Waals surface area contributed by atoms with E-state index < -0.39 is 5.60 Å². The molecule has 0 aromatic heterocycles. The van der Waals surface area contributed by atoms with Crippen LogP contribution in [0, 0.1) is 0 Å². The Morgan fingerprint density at radius 1 is 1.21 bits per heavy atom. The smallest absolute Gasteiger partial charge is 0.0787 e.